The van der Waals surface area contributed by atoms with Crippen LogP contribution in [-0.2, 0) is 9.59 Å². The van der Waals surface area contributed by atoms with Gasteiger partial charge in [-0.3, -0.25) is 9.59 Å². The minimum atomic E-state index is -0.267. The van der Waals surface area contributed by atoms with Crippen molar-refractivity contribution in [2.45, 2.75) is 63.2 Å². The first kappa shape index (κ1) is 17.9. The lowest BCUT2D eigenvalue weighted by molar-refractivity contribution is -0.127. The third-order valence-corrected chi connectivity index (χ3v) is 5.38. The lowest BCUT2D eigenvalue weighted by atomic mass is 9.89. The first-order chi connectivity index (χ1) is 11.9. The minimum Gasteiger partial charge on any atom is -0.354 e. The van der Waals surface area contributed by atoms with Gasteiger partial charge in [-0.2, -0.15) is 0 Å². The monoisotopic (exact) mass is 347 g/mol. The molecule has 1 saturated carbocycles. The van der Waals surface area contributed by atoms with Crippen LogP contribution in [0.3, 0.4) is 0 Å². The van der Waals surface area contributed by atoms with Crippen LogP contribution in [0, 0.1) is 5.82 Å². The van der Waals surface area contributed by atoms with Crippen molar-refractivity contribution in [1.82, 2.24) is 15.5 Å². The van der Waals surface area contributed by atoms with Crippen LogP contribution < -0.4 is 10.6 Å². The average molecular weight is 347 g/mol. The van der Waals surface area contributed by atoms with Crippen molar-refractivity contribution >= 4 is 11.8 Å². The zero-order chi connectivity index (χ0) is 18.0. The predicted octanol–water partition coefficient (Wildman–Crippen LogP) is 2.13. The lowest BCUT2D eigenvalue weighted by Crippen LogP contribution is -2.46. The summed E-state index contributed by atoms with van der Waals surface area (Å²) in [7, 11) is 1.81. The van der Waals surface area contributed by atoms with Crippen LogP contribution in [0.1, 0.15) is 50.6 Å². The SMILES string of the molecule is CC(=O)NC1CCC(N[C@H]2CC(=O)N(C)[C@H]2c2ccc(F)cc2)CC1. The van der Waals surface area contributed by atoms with E-state index in [1.165, 1.54) is 12.1 Å². The highest BCUT2D eigenvalue weighted by atomic mass is 19.1. The number of benzene rings is 1. The van der Waals surface area contributed by atoms with Gasteiger partial charge in [0.2, 0.25) is 11.8 Å². The zero-order valence-corrected chi connectivity index (χ0v) is 14.8. The molecule has 0 aromatic heterocycles. The van der Waals surface area contributed by atoms with Gasteiger partial charge in [-0.15, -0.1) is 0 Å². The molecule has 2 amide bonds. The van der Waals surface area contributed by atoms with Crippen molar-refractivity contribution in [2.24, 2.45) is 0 Å². The van der Waals surface area contributed by atoms with Crippen LogP contribution in [0.4, 0.5) is 4.39 Å². The maximum absolute atomic E-state index is 13.2. The molecular formula is C19H26FN3O2. The Kier molecular flexibility index (Phi) is 5.37. The van der Waals surface area contributed by atoms with E-state index < -0.39 is 0 Å². The summed E-state index contributed by atoms with van der Waals surface area (Å²) in [6, 6.07) is 6.98. The van der Waals surface area contributed by atoms with E-state index in [0.717, 1.165) is 31.2 Å². The average Bonchev–Trinajstić information content (AvgIpc) is 2.84. The fourth-order valence-electron chi connectivity index (χ4n) is 4.13. The summed E-state index contributed by atoms with van der Waals surface area (Å²) >= 11 is 0. The van der Waals surface area contributed by atoms with E-state index >= 15 is 0 Å². The highest BCUT2D eigenvalue weighted by Crippen LogP contribution is 2.33. The first-order valence-electron chi connectivity index (χ1n) is 8.98. The Labute approximate surface area is 148 Å². The second kappa shape index (κ2) is 7.52. The summed E-state index contributed by atoms with van der Waals surface area (Å²) in [5, 5.41) is 6.63. The summed E-state index contributed by atoms with van der Waals surface area (Å²) < 4.78 is 13.2. The van der Waals surface area contributed by atoms with Gasteiger partial charge in [-0.1, -0.05) is 12.1 Å². The molecule has 1 aromatic rings. The summed E-state index contributed by atoms with van der Waals surface area (Å²) in [5.41, 5.74) is 0.958. The van der Waals surface area contributed by atoms with Crippen LogP contribution in [0.2, 0.25) is 0 Å². The molecule has 1 aliphatic carbocycles. The number of hydrogen-bond donors (Lipinski definition) is 2. The second-order valence-electron chi connectivity index (χ2n) is 7.23. The van der Waals surface area contributed by atoms with Crippen LogP contribution in [0.25, 0.3) is 0 Å². The fraction of sp³-hybridized carbons (Fsp3) is 0.579. The number of nitrogens with zero attached hydrogens (tertiary/aromatic N) is 1. The molecule has 1 heterocycles. The van der Waals surface area contributed by atoms with Crippen LogP contribution in [-0.4, -0.2) is 41.9 Å². The molecule has 1 aromatic carbocycles. The Balaban J connectivity index is 1.63. The van der Waals surface area contributed by atoms with Gasteiger partial charge in [0.25, 0.3) is 0 Å². The highest BCUT2D eigenvalue weighted by Gasteiger charge is 2.39. The molecule has 2 aliphatic rings. The highest BCUT2D eigenvalue weighted by molar-refractivity contribution is 5.80. The van der Waals surface area contributed by atoms with E-state index in [9.17, 15) is 14.0 Å². The van der Waals surface area contributed by atoms with E-state index in [1.54, 1.807) is 24.0 Å². The van der Waals surface area contributed by atoms with E-state index in [-0.39, 0.29) is 35.8 Å². The van der Waals surface area contributed by atoms with Crippen LogP contribution in [0.15, 0.2) is 24.3 Å². The van der Waals surface area contributed by atoms with Crippen LogP contribution in [0.5, 0.6) is 0 Å². The molecule has 0 unspecified atom stereocenters. The molecule has 2 fully saturated rings. The van der Waals surface area contributed by atoms with Crippen molar-refractivity contribution in [2.75, 3.05) is 7.05 Å². The molecule has 2 atom stereocenters. The van der Waals surface area contributed by atoms with Gasteiger partial charge in [0.15, 0.2) is 0 Å². The molecule has 136 valence electrons. The van der Waals surface area contributed by atoms with Gasteiger partial charge in [-0.05, 0) is 43.4 Å². The summed E-state index contributed by atoms with van der Waals surface area (Å²) in [6.45, 7) is 1.55. The van der Waals surface area contributed by atoms with Gasteiger partial charge in [0.1, 0.15) is 5.82 Å². The molecule has 0 radical (unpaired) electrons. The Hall–Kier alpha value is -1.95. The summed E-state index contributed by atoms with van der Waals surface area (Å²) in [6.07, 6.45) is 4.33. The van der Waals surface area contributed by atoms with Gasteiger partial charge in [0, 0.05) is 38.5 Å². The fourth-order valence-corrected chi connectivity index (χ4v) is 4.13. The Bertz CT molecular complexity index is 626. The number of hydrogen-bond acceptors (Lipinski definition) is 3. The van der Waals surface area contributed by atoms with E-state index in [4.69, 9.17) is 0 Å². The Morgan fingerprint density at radius 2 is 1.72 bits per heavy atom. The molecule has 25 heavy (non-hydrogen) atoms. The van der Waals surface area contributed by atoms with E-state index in [2.05, 4.69) is 10.6 Å². The number of carbonyl (C=O) groups is 2. The number of amides is 2. The first-order valence-corrected chi connectivity index (χ1v) is 8.98. The molecule has 6 heteroatoms. The normalized spacial score (nSPS) is 29.7. The maximum Gasteiger partial charge on any atom is 0.224 e. The lowest BCUT2D eigenvalue weighted by Gasteiger charge is -2.34. The molecule has 3 rings (SSSR count). The Morgan fingerprint density at radius 1 is 1.12 bits per heavy atom. The van der Waals surface area contributed by atoms with Crippen molar-refractivity contribution < 1.29 is 14.0 Å². The minimum absolute atomic E-state index is 0.0239. The van der Waals surface area contributed by atoms with E-state index in [0.29, 0.717) is 12.5 Å². The second-order valence-corrected chi connectivity index (χ2v) is 7.23. The molecule has 1 aliphatic heterocycles. The topological polar surface area (TPSA) is 61.4 Å². The standard InChI is InChI=1S/C19H26FN3O2/c1-12(24)21-15-7-9-16(10-8-15)22-17-11-18(25)23(2)19(17)13-3-5-14(20)6-4-13/h3-6,15-17,19,22H,7-11H2,1-2H3,(H,21,24)/t15?,16?,17-,19-/m0/s1. The zero-order valence-electron chi connectivity index (χ0n) is 14.8. The number of likely N-dealkylation sites (tertiary alicyclic amines) is 1. The third-order valence-electron chi connectivity index (χ3n) is 5.38. The number of rotatable bonds is 4. The van der Waals surface area contributed by atoms with Crippen molar-refractivity contribution in [1.29, 1.82) is 0 Å². The van der Waals surface area contributed by atoms with Gasteiger partial charge in [-0.25, -0.2) is 4.39 Å². The molecule has 1 saturated heterocycles. The van der Waals surface area contributed by atoms with Gasteiger partial charge >= 0.3 is 0 Å². The smallest absolute Gasteiger partial charge is 0.224 e. The van der Waals surface area contributed by atoms with Crippen molar-refractivity contribution in [3.05, 3.63) is 35.6 Å². The molecule has 0 spiro atoms. The van der Waals surface area contributed by atoms with Crippen molar-refractivity contribution in [3.63, 3.8) is 0 Å². The molecule has 5 nitrogen and oxygen atoms in total. The number of halogens is 1. The maximum atomic E-state index is 13.2. The summed E-state index contributed by atoms with van der Waals surface area (Å²) in [4.78, 5) is 25.1. The third kappa shape index (κ3) is 4.18. The number of carbonyl (C=O) groups excluding carboxylic acids is 2. The number of nitrogens with one attached hydrogen (secondary N) is 2. The molecular weight excluding hydrogens is 321 g/mol. The summed E-state index contributed by atoms with van der Waals surface area (Å²) in [5.74, 6) is -0.133. The van der Waals surface area contributed by atoms with Gasteiger partial charge < -0.3 is 15.5 Å². The number of likely N-dealkylation sites (N-methyl/N-ethyl adjacent to an activating group) is 1. The largest absolute Gasteiger partial charge is 0.354 e. The molecule has 0 bridgehead atoms. The molecule has 2 N–H and O–H groups in total. The van der Waals surface area contributed by atoms with E-state index in [1.807, 2.05) is 7.05 Å². The van der Waals surface area contributed by atoms with Gasteiger partial charge in [0.05, 0.1) is 6.04 Å². The van der Waals surface area contributed by atoms with Crippen molar-refractivity contribution in [3.8, 4) is 0 Å². The van der Waals surface area contributed by atoms with Crippen LogP contribution >= 0.6 is 0 Å². The predicted molar refractivity (Wildman–Crippen MR) is 93.3 cm³/mol. The Morgan fingerprint density at radius 3 is 2.32 bits per heavy atom. The quantitative estimate of drug-likeness (QED) is 0.877.